The van der Waals surface area contributed by atoms with Crippen molar-refractivity contribution in [1.29, 1.82) is 0 Å². The second-order valence-electron chi connectivity index (χ2n) is 5.68. The number of rotatable bonds is 5. The number of nitrogens with two attached hydrogens (primary N) is 1. The van der Waals surface area contributed by atoms with E-state index in [1.165, 1.54) is 24.1 Å². The molecule has 0 atom stereocenters. The molecule has 8 heteroatoms. The highest BCUT2D eigenvalue weighted by Crippen LogP contribution is 2.35. The average molecular weight is 390 g/mol. The predicted molar refractivity (Wildman–Crippen MR) is 104 cm³/mol. The zero-order valence-corrected chi connectivity index (χ0v) is 15.2. The quantitative estimate of drug-likeness (QED) is 0.515. The molecule has 0 aliphatic carbocycles. The smallest absolute Gasteiger partial charge is 0.384 e. The molecule has 3 aromatic rings. The van der Waals surface area contributed by atoms with E-state index in [0.29, 0.717) is 11.5 Å². The third-order valence-corrected chi connectivity index (χ3v) is 4.49. The van der Waals surface area contributed by atoms with Gasteiger partial charge in [-0.1, -0.05) is 0 Å². The number of nitrogens with zero attached hydrogens (tertiary/aromatic N) is 1. The van der Waals surface area contributed by atoms with E-state index >= 15 is 0 Å². The van der Waals surface area contributed by atoms with E-state index in [4.69, 9.17) is 5.73 Å². The van der Waals surface area contributed by atoms with Crippen LogP contribution in [0.5, 0.6) is 0 Å². The topological polar surface area (TPSA) is 63.0 Å². The minimum Gasteiger partial charge on any atom is -0.384 e. The number of hydrogen-bond acceptors (Lipinski definition) is 5. The van der Waals surface area contributed by atoms with Crippen LogP contribution in [0.3, 0.4) is 0 Å². The molecule has 0 aliphatic heterocycles. The fraction of sp³-hybridized carbons (Fsp3) is 0.105. The van der Waals surface area contributed by atoms with Crippen LogP contribution < -0.4 is 15.8 Å². The van der Waals surface area contributed by atoms with E-state index in [9.17, 15) is 13.2 Å². The number of nitrogens with one attached hydrogen (secondary N) is 2. The molecule has 1 heterocycles. The maximum atomic E-state index is 12.7. The van der Waals surface area contributed by atoms with Crippen LogP contribution in [0.1, 0.15) is 5.56 Å². The van der Waals surface area contributed by atoms with Crippen molar-refractivity contribution < 1.29 is 13.2 Å². The van der Waals surface area contributed by atoms with Crippen LogP contribution in [-0.4, -0.2) is 12.0 Å². The third kappa shape index (κ3) is 4.72. The maximum absolute atomic E-state index is 12.7. The number of benzene rings is 2. The molecule has 0 spiro atoms. The minimum atomic E-state index is -4.36. The van der Waals surface area contributed by atoms with E-state index in [0.717, 1.165) is 33.8 Å². The van der Waals surface area contributed by atoms with Crippen molar-refractivity contribution in [2.45, 2.75) is 11.1 Å². The average Bonchev–Trinajstić information content (AvgIpc) is 2.63. The van der Waals surface area contributed by atoms with Gasteiger partial charge < -0.3 is 11.1 Å². The first-order chi connectivity index (χ1) is 12.9. The summed E-state index contributed by atoms with van der Waals surface area (Å²) in [5.41, 5.74) is 8.14. The Morgan fingerprint density at radius 1 is 1.00 bits per heavy atom. The van der Waals surface area contributed by atoms with Gasteiger partial charge in [-0.3, -0.25) is 4.72 Å². The zero-order valence-electron chi connectivity index (χ0n) is 14.3. The molecule has 4 nitrogen and oxygen atoms in total. The Hall–Kier alpha value is -2.71. The van der Waals surface area contributed by atoms with Gasteiger partial charge in [-0.25, -0.2) is 4.98 Å². The number of anilines is 3. The second-order valence-corrected chi connectivity index (χ2v) is 6.77. The van der Waals surface area contributed by atoms with Crippen LogP contribution in [0.25, 0.3) is 11.1 Å². The molecule has 0 aliphatic rings. The first kappa shape index (κ1) is 19.1. The Morgan fingerprint density at radius 3 is 2.37 bits per heavy atom. The zero-order chi connectivity index (χ0) is 19.4. The Kier molecular flexibility index (Phi) is 5.57. The van der Waals surface area contributed by atoms with Crippen LogP contribution >= 0.6 is 11.9 Å². The van der Waals surface area contributed by atoms with E-state index in [2.05, 4.69) is 15.0 Å². The van der Waals surface area contributed by atoms with Crippen molar-refractivity contribution in [3.8, 4) is 11.1 Å². The molecule has 0 amide bonds. The highest BCUT2D eigenvalue weighted by molar-refractivity contribution is 7.97. The lowest BCUT2D eigenvalue weighted by atomic mass is 10.0. The highest BCUT2D eigenvalue weighted by Gasteiger charge is 2.29. The molecule has 3 rings (SSSR count). The van der Waals surface area contributed by atoms with Crippen molar-refractivity contribution in [3.63, 3.8) is 0 Å². The first-order valence-electron chi connectivity index (χ1n) is 8.00. The molecule has 4 N–H and O–H groups in total. The first-order valence-corrected chi connectivity index (χ1v) is 8.82. The lowest BCUT2D eigenvalue weighted by molar-refractivity contribution is -0.137. The normalized spacial score (nSPS) is 11.4. The third-order valence-electron chi connectivity index (χ3n) is 3.79. The Morgan fingerprint density at radius 2 is 1.74 bits per heavy atom. The number of alkyl halides is 3. The molecule has 0 saturated carbocycles. The van der Waals surface area contributed by atoms with Gasteiger partial charge in [-0.15, -0.1) is 0 Å². The van der Waals surface area contributed by atoms with E-state index in [1.54, 1.807) is 12.3 Å². The van der Waals surface area contributed by atoms with Gasteiger partial charge >= 0.3 is 6.18 Å². The second kappa shape index (κ2) is 7.89. The number of aromatic nitrogens is 1. The van der Waals surface area contributed by atoms with Crippen LogP contribution in [-0.2, 0) is 6.18 Å². The largest absolute Gasteiger partial charge is 0.416 e. The van der Waals surface area contributed by atoms with Crippen molar-refractivity contribution >= 4 is 29.1 Å². The van der Waals surface area contributed by atoms with Gasteiger partial charge in [0.15, 0.2) is 0 Å². The summed E-state index contributed by atoms with van der Waals surface area (Å²) in [6.07, 6.45) is -2.74. The number of pyridine rings is 1. The van der Waals surface area contributed by atoms with Gasteiger partial charge in [-0.05, 0) is 79.2 Å². The van der Waals surface area contributed by atoms with Gasteiger partial charge in [0.25, 0.3) is 0 Å². The monoisotopic (exact) mass is 390 g/mol. The van der Waals surface area contributed by atoms with Crippen LogP contribution in [0.4, 0.5) is 30.4 Å². The summed E-state index contributed by atoms with van der Waals surface area (Å²) in [5.74, 6) is 0.389. The Bertz CT molecular complexity index is 927. The van der Waals surface area contributed by atoms with Gasteiger partial charge in [0.1, 0.15) is 5.82 Å². The van der Waals surface area contributed by atoms with E-state index in [1.807, 2.05) is 31.3 Å². The summed E-state index contributed by atoms with van der Waals surface area (Å²) < 4.78 is 41.2. The Labute approximate surface area is 159 Å². The minimum absolute atomic E-state index is 0.389. The van der Waals surface area contributed by atoms with E-state index in [-0.39, 0.29) is 0 Å². The molecular formula is C19H17F3N4S. The summed E-state index contributed by atoms with van der Waals surface area (Å²) in [6, 6.07) is 14.3. The van der Waals surface area contributed by atoms with Crippen molar-refractivity contribution in [2.75, 3.05) is 18.1 Å². The molecule has 140 valence electrons. The van der Waals surface area contributed by atoms with E-state index < -0.39 is 11.7 Å². The molecule has 27 heavy (non-hydrogen) atoms. The number of hydrogen-bond donors (Lipinski definition) is 3. The van der Waals surface area contributed by atoms with Crippen molar-refractivity contribution in [3.05, 3.63) is 66.4 Å². The van der Waals surface area contributed by atoms with Crippen LogP contribution in [0, 0.1) is 0 Å². The Balaban J connectivity index is 1.97. The molecule has 0 fully saturated rings. The summed E-state index contributed by atoms with van der Waals surface area (Å²) in [4.78, 5) is 4.99. The maximum Gasteiger partial charge on any atom is 0.416 e. The van der Waals surface area contributed by atoms with Crippen LogP contribution in [0.2, 0.25) is 0 Å². The summed E-state index contributed by atoms with van der Waals surface area (Å²) in [6.45, 7) is 0. The van der Waals surface area contributed by atoms with Gasteiger partial charge in [0, 0.05) is 28.0 Å². The molecule has 0 bridgehead atoms. The molecule has 0 radical (unpaired) electrons. The van der Waals surface area contributed by atoms with Crippen LogP contribution in [0.15, 0.2) is 65.7 Å². The standard InChI is InChI=1S/C19H17F3N4S/c1-24-27-15-6-7-17(16(11-15)12-8-9-25-18(23)10-12)26-14-4-2-13(3-5-14)19(20,21)22/h2-11,24,26H,1H3,(H2,23,25). The fourth-order valence-electron chi connectivity index (χ4n) is 2.57. The van der Waals surface area contributed by atoms with Crippen molar-refractivity contribution in [2.24, 2.45) is 0 Å². The lowest BCUT2D eigenvalue weighted by Gasteiger charge is -2.15. The molecule has 0 saturated heterocycles. The van der Waals surface area contributed by atoms with Gasteiger partial charge in [-0.2, -0.15) is 13.2 Å². The summed E-state index contributed by atoms with van der Waals surface area (Å²) in [5, 5.41) is 3.18. The van der Waals surface area contributed by atoms with Crippen molar-refractivity contribution in [1.82, 2.24) is 9.71 Å². The summed E-state index contributed by atoms with van der Waals surface area (Å²) in [7, 11) is 1.82. The van der Waals surface area contributed by atoms with Gasteiger partial charge in [0.2, 0.25) is 0 Å². The predicted octanol–water partition coefficient (Wildman–Crippen LogP) is 5.32. The highest BCUT2D eigenvalue weighted by atomic mass is 32.2. The fourth-order valence-corrected chi connectivity index (χ4v) is 3.12. The molecule has 2 aromatic carbocycles. The SMILES string of the molecule is CNSc1ccc(Nc2ccc(C(F)(F)F)cc2)c(-c2ccnc(N)c2)c1. The summed E-state index contributed by atoms with van der Waals surface area (Å²) >= 11 is 1.46. The number of nitrogen functional groups attached to an aromatic ring is 1. The van der Waals surface area contributed by atoms with Gasteiger partial charge in [0.05, 0.1) is 5.56 Å². The molecule has 0 unspecified atom stereocenters. The molecule has 1 aromatic heterocycles. The molecular weight excluding hydrogens is 373 g/mol. The lowest BCUT2D eigenvalue weighted by Crippen LogP contribution is -2.04. The number of halogens is 3.